The Hall–Kier alpha value is -3.94. The van der Waals surface area contributed by atoms with E-state index in [0.29, 0.717) is 11.1 Å². The van der Waals surface area contributed by atoms with Gasteiger partial charge < -0.3 is 14.6 Å². The number of amides is 1. The number of nitrogens with zero attached hydrogens (tertiary/aromatic N) is 2. The summed E-state index contributed by atoms with van der Waals surface area (Å²) in [6.45, 7) is 3.01. The number of benzene rings is 2. The molecule has 0 aliphatic rings. The number of aromatic nitrogens is 1. The van der Waals surface area contributed by atoms with Gasteiger partial charge in [0.2, 0.25) is 0 Å². The number of esters is 1. The highest BCUT2D eigenvalue weighted by molar-refractivity contribution is 5.97. The van der Waals surface area contributed by atoms with Crippen LogP contribution in [0.25, 0.3) is 5.69 Å². The van der Waals surface area contributed by atoms with Crippen molar-refractivity contribution in [3.05, 3.63) is 87.7 Å². The van der Waals surface area contributed by atoms with E-state index < -0.39 is 23.4 Å². The van der Waals surface area contributed by atoms with Gasteiger partial charge in [-0.2, -0.15) is 0 Å². The van der Waals surface area contributed by atoms with Gasteiger partial charge in [-0.15, -0.1) is 0 Å². The second-order valence-corrected chi connectivity index (χ2v) is 6.44. The van der Waals surface area contributed by atoms with Crippen LogP contribution >= 0.6 is 0 Å². The number of nitro groups is 1. The van der Waals surface area contributed by atoms with E-state index in [9.17, 15) is 19.7 Å². The van der Waals surface area contributed by atoms with Crippen molar-refractivity contribution in [3.8, 4) is 5.69 Å². The van der Waals surface area contributed by atoms with Gasteiger partial charge in [0, 0.05) is 24.1 Å². The zero-order chi connectivity index (χ0) is 21.0. The Kier molecular flexibility index (Phi) is 5.73. The fraction of sp³-hybridized carbons (Fsp3) is 0.143. The second-order valence-electron chi connectivity index (χ2n) is 6.44. The third kappa shape index (κ3) is 4.49. The molecular formula is C21H19N3O5. The van der Waals surface area contributed by atoms with Gasteiger partial charge in [-0.05, 0) is 49.2 Å². The summed E-state index contributed by atoms with van der Waals surface area (Å²) in [5.74, 6) is -1.32. The van der Waals surface area contributed by atoms with Crippen molar-refractivity contribution in [2.45, 2.75) is 13.8 Å². The van der Waals surface area contributed by atoms with Gasteiger partial charge >= 0.3 is 5.97 Å². The molecule has 0 saturated carbocycles. The van der Waals surface area contributed by atoms with E-state index in [1.54, 1.807) is 31.2 Å². The summed E-state index contributed by atoms with van der Waals surface area (Å²) in [5.41, 5.74) is 2.50. The topological polar surface area (TPSA) is 103 Å². The molecule has 0 atom stereocenters. The first kappa shape index (κ1) is 19.8. The highest BCUT2D eigenvalue weighted by Gasteiger charge is 2.19. The van der Waals surface area contributed by atoms with Crippen LogP contribution < -0.4 is 5.32 Å². The van der Waals surface area contributed by atoms with Crippen LogP contribution in [0, 0.1) is 24.0 Å². The number of ether oxygens (including phenoxy) is 1. The van der Waals surface area contributed by atoms with Gasteiger partial charge in [0.1, 0.15) is 5.69 Å². The van der Waals surface area contributed by atoms with Crippen molar-refractivity contribution in [2.75, 3.05) is 11.9 Å². The zero-order valence-corrected chi connectivity index (χ0v) is 15.9. The summed E-state index contributed by atoms with van der Waals surface area (Å²) in [5, 5.41) is 13.6. The van der Waals surface area contributed by atoms with E-state index in [4.69, 9.17) is 4.74 Å². The predicted octanol–water partition coefficient (Wildman–Crippen LogP) is 3.80. The van der Waals surface area contributed by atoms with E-state index in [2.05, 4.69) is 5.32 Å². The van der Waals surface area contributed by atoms with Crippen molar-refractivity contribution < 1.29 is 19.2 Å². The molecule has 1 amide bonds. The molecule has 0 aliphatic heterocycles. The Morgan fingerprint density at radius 2 is 1.79 bits per heavy atom. The minimum absolute atomic E-state index is 0.0868. The first-order chi connectivity index (χ1) is 13.9. The molecule has 2 aromatic carbocycles. The van der Waals surface area contributed by atoms with Crippen LogP contribution in [0.15, 0.2) is 60.9 Å². The molecule has 3 aromatic rings. The molecule has 0 fully saturated rings. The number of hydrogen-bond acceptors (Lipinski definition) is 5. The molecule has 0 unspecified atom stereocenters. The number of aryl methyl sites for hydroxylation is 2. The first-order valence-electron chi connectivity index (χ1n) is 8.82. The maximum atomic E-state index is 12.4. The Labute approximate surface area is 166 Å². The number of carbonyl (C=O) groups excluding carboxylic acids is 2. The minimum atomic E-state index is -0.659. The summed E-state index contributed by atoms with van der Waals surface area (Å²) < 4.78 is 6.96. The maximum Gasteiger partial charge on any atom is 0.338 e. The maximum absolute atomic E-state index is 12.4. The summed E-state index contributed by atoms with van der Waals surface area (Å²) in [7, 11) is 0. The Balaban J connectivity index is 1.68. The van der Waals surface area contributed by atoms with E-state index in [0.717, 1.165) is 11.3 Å². The third-order valence-electron chi connectivity index (χ3n) is 4.37. The minimum Gasteiger partial charge on any atom is -0.452 e. The number of rotatable bonds is 6. The number of nitro benzene ring substituents is 1. The van der Waals surface area contributed by atoms with E-state index in [1.165, 1.54) is 12.1 Å². The number of nitrogens with one attached hydrogen (secondary N) is 1. The number of hydrogen-bond donors (Lipinski definition) is 1. The smallest absolute Gasteiger partial charge is 0.338 e. The molecular weight excluding hydrogens is 374 g/mol. The van der Waals surface area contributed by atoms with Gasteiger partial charge in [-0.3, -0.25) is 14.9 Å². The predicted molar refractivity (Wildman–Crippen MR) is 107 cm³/mol. The van der Waals surface area contributed by atoms with E-state index in [1.807, 2.05) is 36.0 Å². The average Bonchev–Trinajstić information content (AvgIpc) is 3.22. The molecule has 29 heavy (non-hydrogen) atoms. The molecule has 1 heterocycles. The van der Waals surface area contributed by atoms with Gasteiger partial charge in [-0.1, -0.05) is 18.2 Å². The Morgan fingerprint density at radius 1 is 1.07 bits per heavy atom. The molecule has 0 aliphatic carbocycles. The summed E-state index contributed by atoms with van der Waals surface area (Å²) in [6, 6.07) is 13.3. The molecule has 1 aromatic heterocycles. The first-order valence-corrected chi connectivity index (χ1v) is 8.82. The molecule has 3 rings (SSSR count). The lowest BCUT2D eigenvalue weighted by Crippen LogP contribution is -2.22. The monoisotopic (exact) mass is 393 g/mol. The highest BCUT2D eigenvalue weighted by Crippen LogP contribution is 2.27. The molecule has 1 N–H and O–H groups in total. The van der Waals surface area contributed by atoms with Crippen molar-refractivity contribution in [3.63, 3.8) is 0 Å². The van der Waals surface area contributed by atoms with Gasteiger partial charge in [0.05, 0.1) is 10.5 Å². The van der Waals surface area contributed by atoms with E-state index in [-0.39, 0.29) is 11.4 Å². The Bertz CT molecular complexity index is 1070. The largest absolute Gasteiger partial charge is 0.452 e. The molecule has 8 heteroatoms. The SMILES string of the molecule is Cc1ccc(C(=O)OCC(=O)Nc2c(C)cccc2[N+](=O)[O-])cc1-n1cccc1. The second kappa shape index (κ2) is 8.39. The fourth-order valence-electron chi connectivity index (χ4n) is 2.87. The van der Waals surface area contributed by atoms with Crippen molar-refractivity contribution >= 4 is 23.3 Å². The average molecular weight is 393 g/mol. The van der Waals surface area contributed by atoms with Crippen LogP contribution in [-0.4, -0.2) is 28.0 Å². The van der Waals surface area contributed by atoms with Crippen LogP contribution in [0.5, 0.6) is 0 Å². The lowest BCUT2D eigenvalue weighted by atomic mass is 10.1. The highest BCUT2D eigenvalue weighted by atomic mass is 16.6. The van der Waals surface area contributed by atoms with Crippen LogP contribution in [0.4, 0.5) is 11.4 Å². The van der Waals surface area contributed by atoms with Crippen LogP contribution in [-0.2, 0) is 9.53 Å². The number of para-hydroxylation sites is 1. The summed E-state index contributed by atoms with van der Waals surface area (Å²) >= 11 is 0. The lowest BCUT2D eigenvalue weighted by Gasteiger charge is -2.11. The molecule has 0 spiro atoms. The molecule has 0 bridgehead atoms. The summed E-state index contributed by atoms with van der Waals surface area (Å²) in [6.07, 6.45) is 3.72. The third-order valence-corrected chi connectivity index (χ3v) is 4.37. The molecule has 0 saturated heterocycles. The van der Waals surface area contributed by atoms with Gasteiger partial charge in [0.25, 0.3) is 11.6 Å². The summed E-state index contributed by atoms with van der Waals surface area (Å²) in [4.78, 5) is 35.1. The zero-order valence-electron chi connectivity index (χ0n) is 15.9. The number of anilines is 1. The van der Waals surface area contributed by atoms with Crippen molar-refractivity contribution in [1.29, 1.82) is 0 Å². The van der Waals surface area contributed by atoms with Crippen molar-refractivity contribution in [2.24, 2.45) is 0 Å². The fourth-order valence-corrected chi connectivity index (χ4v) is 2.87. The van der Waals surface area contributed by atoms with Gasteiger partial charge in [-0.25, -0.2) is 4.79 Å². The Morgan fingerprint density at radius 3 is 2.48 bits per heavy atom. The number of carbonyl (C=O) groups is 2. The normalized spacial score (nSPS) is 10.4. The quantitative estimate of drug-likeness (QED) is 0.390. The van der Waals surface area contributed by atoms with Crippen molar-refractivity contribution in [1.82, 2.24) is 4.57 Å². The van der Waals surface area contributed by atoms with Crippen LogP contribution in [0.2, 0.25) is 0 Å². The molecule has 0 radical (unpaired) electrons. The molecule has 8 nitrogen and oxygen atoms in total. The van der Waals surface area contributed by atoms with Crippen LogP contribution in [0.1, 0.15) is 21.5 Å². The van der Waals surface area contributed by atoms with Crippen LogP contribution in [0.3, 0.4) is 0 Å². The van der Waals surface area contributed by atoms with Gasteiger partial charge in [0.15, 0.2) is 6.61 Å². The standard InChI is InChI=1S/C21H19N3O5/c1-14-8-9-16(12-18(14)23-10-3-4-11-23)21(26)29-13-19(25)22-20-15(2)6-5-7-17(20)24(27)28/h3-12H,13H2,1-2H3,(H,22,25). The lowest BCUT2D eigenvalue weighted by molar-refractivity contribution is -0.384. The van der Waals surface area contributed by atoms with E-state index >= 15 is 0 Å². The molecule has 148 valence electrons.